The first-order valence-electron chi connectivity index (χ1n) is 8.75. The highest BCUT2D eigenvalue weighted by Gasteiger charge is 2.17. The second-order valence-electron chi connectivity index (χ2n) is 6.22. The standard InChI is InChI=1S/C21H16ClN3O2S2/c1-24(15-5-3-2-4-6-15)18(26)13-29-21-23-17-11-12-28-19(17)20(27)25(21)16-9-7-14(22)8-10-16/h2-12H,13H2,1H3. The van der Waals surface area contributed by atoms with E-state index in [0.717, 1.165) is 5.69 Å². The third-order valence-electron chi connectivity index (χ3n) is 4.38. The molecule has 0 aliphatic carbocycles. The van der Waals surface area contributed by atoms with Gasteiger partial charge in [0.25, 0.3) is 5.56 Å². The minimum absolute atomic E-state index is 0.0801. The number of benzene rings is 2. The van der Waals surface area contributed by atoms with E-state index in [1.807, 2.05) is 41.8 Å². The fourth-order valence-corrected chi connectivity index (χ4v) is 4.64. The Balaban J connectivity index is 1.67. The topological polar surface area (TPSA) is 55.2 Å². The summed E-state index contributed by atoms with van der Waals surface area (Å²) in [5.74, 6) is 0.0738. The van der Waals surface area contributed by atoms with Crippen LogP contribution in [0.4, 0.5) is 5.69 Å². The second kappa shape index (κ2) is 8.41. The predicted octanol–water partition coefficient (Wildman–Crippen LogP) is 4.86. The Morgan fingerprint density at radius 3 is 2.59 bits per heavy atom. The first-order valence-corrected chi connectivity index (χ1v) is 11.0. The van der Waals surface area contributed by atoms with Crippen molar-refractivity contribution in [2.75, 3.05) is 17.7 Å². The van der Waals surface area contributed by atoms with Gasteiger partial charge in [0.2, 0.25) is 5.91 Å². The Bertz CT molecular complexity index is 1220. The van der Waals surface area contributed by atoms with Crippen LogP contribution in [-0.4, -0.2) is 28.3 Å². The quantitative estimate of drug-likeness (QED) is 0.328. The summed E-state index contributed by atoms with van der Waals surface area (Å²) in [5.41, 5.74) is 1.96. The molecule has 0 spiro atoms. The lowest BCUT2D eigenvalue weighted by Crippen LogP contribution is -2.28. The molecule has 0 saturated heterocycles. The van der Waals surface area contributed by atoms with Crippen LogP contribution in [0, 0.1) is 0 Å². The van der Waals surface area contributed by atoms with Gasteiger partial charge in [-0.25, -0.2) is 4.98 Å². The normalized spacial score (nSPS) is 11.0. The molecule has 2 heterocycles. The number of carbonyl (C=O) groups is 1. The fourth-order valence-electron chi connectivity index (χ4n) is 2.83. The van der Waals surface area contributed by atoms with Gasteiger partial charge in [-0.15, -0.1) is 11.3 Å². The van der Waals surface area contributed by atoms with Gasteiger partial charge in [-0.2, -0.15) is 0 Å². The number of hydrogen-bond donors (Lipinski definition) is 0. The van der Waals surface area contributed by atoms with Gasteiger partial charge in [0, 0.05) is 17.8 Å². The van der Waals surface area contributed by atoms with E-state index in [2.05, 4.69) is 4.98 Å². The number of para-hydroxylation sites is 1. The molecule has 0 aliphatic rings. The lowest BCUT2D eigenvalue weighted by Gasteiger charge is -2.17. The minimum Gasteiger partial charge on any atom is -0.315 e. The van der Waals surface area contributed by atoms with Crippen molar-refractivity contribution >= 4 is 56.5 Å². The van der Waals surface area contributed by atoms with Gasteiger partial charge < -0.3 is 4.90 Å². The zero-order valence-corrected chi connectivity index (χ0v) is 17.8. The van der Waals surface area contributed by atoms with Crippen molar-refractivity contribution in [1.29, 1.82) is 0 Å². The number of hydrogen-bond acceptors (Lipinski definition) is 5. The van der Waals surface area contributed by atoms with E-state index in [4.69, 9.17) is 11.6 Å². The zero-order chi connectivity index (χ0) is 20.4. The maximum absolute atomic E-state index is 13.1. The second-order valence-corrected chi connectivity index (χ2v) is 8.52. The van der Waals surface area contributed by atoms with Crippen LogP contribution in [-0.2, 0) is 4.79 Å². The number of thioether (sulfide) groups is 1. The number of anilines is 1. The van der Waals surface area contributed by atoms with Crippen molar-refractivity contribution in [2.24, 2.45) is 0 Å². The predicted molar refractivity (Wildman–Crippen MR) is 121 cm³/mol. The van der Waals surface area contributed by atoms with Crippen LogP contribution < -0.4 is 10.5 Å². The average Bonchev–Trinajstić information content (AvgIpc) is 3.22. The van der Waals surface area contributed by atoms with E-state index in [9.17, 15) is 9.59 Å². The maximum atomic E-state index is 13.1. The first-order chi connectivity index (χ1) is 14.0. The molecule has 0 saturated carbocycles. The largest absolute Gasteiger partial charge is 0.315 e. The van der Waals surface area contributed by atoms with Crippen molar-refractivity contribution in [1.82, 2.24) is 9.55 Å². The molecule has 4 rings (SSSR count). The van der Waals surface area contributed by atoms with Crippen molar-refractivity contribution < 1.29 is 4.79 Å². The number of halogens is 1. The SMILES string of the molecule is CN(C(=O)CSc1nc2ccsc2c(=O)n1-c1ccc(Cl)cc1)c1ccccc1. The van der Waals surface area contributed by atoms with Crippen LogP contribution in [0.15, 0.2) is 76.0 Å². The van der Waals surface area contributed by atoms with E-state index in [0.29, 0.717) is 26.1 Å². The van der Waals surface area contributed by atoms with Gasteiger partial charge in [-0.1, -0.05) is 41.6 Å². The van der Waals surface area contributed by atoms with Crippen molar-refractivity contribution in [3.63, 3.8) is 0 Å². The van der Waals surface area contributed by atoms with Gasteiger partial charge in [0.1, 0.15) is 4.70 Å². The van der Waals surface area contributed by atoms with Crippen LogP contribution >= 0.6 is 34.7 Å². The van der Waals surface area contributed by atoms with Gasteiger partial charge in [0.05, 0.1) is 17.0 Å². The molecule has 0 radical (unpaired) electrons. The number of carbonyl (C=O) groups excluding carboxylic acids is 1. The average molecular weight is 442 g/mol. The summed E-state index contributed by atoms with van der Waals surface area (Å²) >= 11 is 8.59. The smallest absolute Gasteiger partial charge is 0.276 e. The Hall–Kier alpha value is -2.61. The zero-order valence-electron chi connectivity index (χ0n) is 15.4. The summed E-state index contributed by atoms with van der Waals surface area (Å²) in [7, 11) is 1.74. The molecule has 8 heteroatoms. The number of amides is 1. The van der Waals surface area contributed by atoms with Crippen LogP contribution in [0.2, 0.25) is 5.02 Å². The lowest BCUT2D eigenvalue weighted by molar-refractivity contribution is -0.115. The van der Waals surface area contributed by atoms with Gasteiger partial charge in [-0.3, -0.25) is 14.2 Å². The highest BCUT2D eigenvalue weighted by molar-refractivity contribution is 7.99. The summed E-state index contributed by atoms with van der Waals surface area (Å²) in [6.45, 7) is 0. The summed E-state index contributed by atoms with van der Waals surface area (Å²) in [4.78, 5) is 32.0. The van der Waals surface area contributed by atoms with E-state index < -0.39 is 0 Å². The molecule has 2 aromatic carbocycles. The van der Waals surface area contributed by atoms with Gasteiger partial charge in [-0.05, 0) is 47.8 Å². The number of aromatic nitrogens is 2. The molecule has 1 amide bonds. The van der Waals surface area contributed by atoms with Gasteiger partial charge in [0.15, 0.2) is 5.16 Å². The molecule has 0 aliphatic heterocycles. The molecule has 5 nitrogen and oxygen atoms in total. The van der Waals surface area contributed by atoms with Crippen LogP contribution in [0.25, 0.3) is 15.9 Å². The van der Waals surface area contributed by atoms with Crippen LogP contribution in [0.1, 0.15) is 0 Å². The molecule has 0 N–H and O–H groups in total. The lowest BCUT2D eigenvalue weighted by atomic mass is 10.3. The van der Waals surface area contributed by atoms with E-state index >= 15 is 0 Å². The summed E-state index contributed by atoms with van der Waals surface area (Å²) in [6.07, 6.45) is 0. The molecule has 0 atom stereocenters. The molecular weight excluding hydrogens is 426 g/mol. The number of rotatable bonds is 5. The Labute approximate surface area is 180 Å². The van der Waals surface area contributed by atoms with Crippen LogP contribution in [0.3, 0.4) is 0 Å². The molecule has 146 valence electrons. The van der Waals surface area contributed by atoms with Crippen molar-refractivity contribution in [3.8, 4) is 5.69 Å². The monoisotopic (exact) mass is 441 g/mol. The molecule has 0 bridgehead atoms. The first kappa shape index (κ1) is 19.7. The summed E-state index contributed by atoms with van der Waals surface area (Å²) in [6, 6.07) is 18.2. The number of nitrogens with zero attached hydrogens (tertiary/aromatic N) is 3. The minimum atomic E-state index is -0.154. The van der Waals surface area contributed by atoms with Crippen molar-refractivity contribution in [3.05, 3.63) is 81.4 Å². The molecule has 4 aromatic rings. The molecule has 0 unspecified atom stereocenters. The Morgan fingerprint density at radius 2 is 1.86 bits per heavy atom. The third kappa shape index (κ3) is 4.07. The summed E-state index contributed by atoms with van der Waals surface area (Å²) < 4.78 is 2.12. The Morgan fingerprint density at radius 1 is 1.14 bits per heavy atom. The fraction of sp³-hybridized carbons (Fsp3) is 0.0952. The molecule has 2 aromatic heterocycles. The van der Waals surface area contributed by atoms with Crippen molar-refractivity contribution in [2.45, 2.75) is 5.16 Å². The number of fused-ring (bicyclic) bond motifs is 1. The molecular formula is C21H16ClN3O2S2. The highest BCUT2D eigenvalue weighted by atomic mass is 35.5. The highest BCUT2D eigenvalue weighted by Crippen LogP contribution is 2.25. The maximum Gasteiger partial charge on any atom is 0.276 e. The molecule has 29 heavy (non-hydrogen) atoms. The van der Waals surface area contributed by atoms with Gasteiger partial charge >= 0.3 is 0 Å². The molecule has 0 fully saturated rings. The summed E-state index contributed by atoms with van der Waals surface area (Å²) in [5, 5.41) is 2.90. The van der Waals surface area contributed by atoms with Crippen LogP contribution in [0.5, 0.6) is 0 Å². The number of thiophene rings is 1. The third-order valence-corrected chi connectivity index (χ3v) is 6.44. The van der Waals surface area contributed by atoms with E-state index in [1.54, 1.807) is 36.2 Å². The van der Waals surface area contributed by atoms with E-state index in [1.165, 1.54) is 27.7 Å². The Kier molecular flexibility index (Phi) is 5.71. The van der Waals surface area contributed by atoms with E-state index in [-0.39, 0.29) is 17.2 Å².